The minimum absolute atomic E-state index is 0.0923. The Morgan fingerprint density at radius 2 is 2.03 bits per heavy atom. The number of methoxy groups -OCH3 is 1. The van der Waals surface area contributed by atoms with Crippen molar-refractivity contribution in [2.75, 3.05) is 12.9 Å². The van der Waals surface area contributed by atoms with Gasteiger partial charge in [-0.1, -0.05) is 17.7 Å². The predicted molar refractivity (Wildman–Crippen MR) is 117 cm³/mol. The monoisotopic (exact) mass is 452 g/mol. The normalized spacial score (nSPS) is 23.1. The number of hydrogen-bond acceptors (Lipinski definition) is 7. The van der Waals surface area contributed by atoms with E-state index in [0.717, 1.165) is 10.5 Å². The van der Waals surface area contributed by atoms with Crippen molar-refractivity contribution in [2.45, 2.75) is 31.1 Å². The van der Waals surface area contributed by atoms with Gasteiger partial charge in [-0.25, -0.2) is 13.4 Å². The Balaban J connectivity index is 1.83. The van der Waals surface area contributed by atoms with E-state index >= 15 is 0 Å². The summed E-state index contributed by atoms with van der Waals surface area (Å²) >= 11 is 7.91. The summed E-state index contributed by atoms with van der Waals surface area (Å²) in [6, 6.07) is 7.38. The second-order valence-electron chi connectivity index (χ2n) is 7.75. The number of ether oxygens (including phenoxy) is 1. The maximum Gasteiger partial charge on any atom is 0.198 e. The Morgan fingerprint density at radius 1 is 1.31 bits per heavy atom. The van der Waals surface area contributed by atoms with Crippen LogP contribution < -0.4 is 10.5 Å². The van der Waals surface area contributed by atoms with Crippen LogP contribution in [0.3, 0.4) is 0 Å². The number of aliphatic imine (C=N–C) groups is 1. The zero-order valence-corrected chi connectivity index (χ0v) is 18.8. The maximum absolute atomic E-state index is 12.8. The molecule has 0 saturated carbocycles. The first-order valence-corrected chi connectivity index (χ1v) is 11.7. The van der Waals surface area contributed by atoms with Gasteiger partial charge in [0.1, 0.15) is 21.8 Å². The number of nitrogens with zero attached hydrogens (tertiary/aromatic N) is 3. The summed E-state index contributed by atoms with van der Waals surface area (Å²) in [5, 5.41) is 0.447. The summed E-state index contributed by atoms with van der Waals surface area (Å²) in [7, 11) is -1.91. The lowest BCUT2D eigenvalue weighted by Crippen LogP contribution is -2.54. The molecule has 1 atom stereocenters. The molecule has 0 fully saturated rings. The molecule has 0 saturated heterocycles. The third-order valence-electron chi connectivity index (χ3n) is 5.32. The highest BCUT2D eigenvalue weighted by atomic mass is 35.5. The van der Waals surface area contributed by atoms with Crippen LogP contribution in [-0.4, -0.2) is 41.2 Å². The highest BCUT2D eigenvalue weighted by Gasteiger charge is 2.49. The second-order valence-corrected chi connectivity index (χ2v) is 11.7. The molecule has 29 heavy (non-hydrogen) atoms. The maximum atomic E-state index is 12.8. The molecule has 0 spiro atoms. The molecule has 2 N–H and O–H groups in total. The average Bonchev–Trinajstić information content (AvgIpc) is 3.23. The molecule has 3 aromatic heterocycles. The minimum Gasteiger partial charge on any atom is -0.482 e. The van der Waals surface area contributed by atoms with Gasteiger partial charge in [0.15, 0.2) is 15.7 Å². The highest BCUT2D eigenvalue weighted by molar-refractivity contribution is 7.93. The summed E-state index contributed by atoms with van der Waals surface area (Å²) < 4.78 is 31.7. The largest absolute Gasteiger partial charge is 0.482 e. The SMILES string of the molecule is COc1cccc2nc(-c3cc(Cl)c(C4(C)CS(=O)(=O)C(C)(C)C(N)=N4)s3)cn12. The number of fused-ring (bicyclic) bond motifs is 1. The van der Waals surface area contributed by atoms with Gasteiger partial charge in [-0.15, -0.1) is 11.3 Å². The quantitative estimate of drug-likeness (QED) is 0.655. The molecule has 0 aliphatic carbocycles. The fourth-order valence-electron chi connectivity index (χ4n) is 3.39. The summed E-state index contributed by atoms with van der Waals surface area (Å²) in [4.78, 5) is 10.7. The molecule has 1 aliphatic heterocycles. The van der Waals surface area contributed by atoms with Crippen molar-refractivity contribution in [2.24, 2.45) is 10.7 Å². The van der Waals surface area contributed by atoms with Crippen LogP contribution in [0.4, 0.5) is 0 Å². The zero-order chi connectivity index (χ0) is 21.2. The van der Waals surface area contributed by atoms with Crippen LogP contribution in [-0.2, 0) is 15.4 Å². The Kier molecular flexibility index (Phi) is 4.49. The van der Waals surface area contributed by atoms with E-state index in [1.54, 1.807) is 33.9 Å². The zero-order valence-electron chi connectivity index (χ0n) is 16.4. The summed E-state index contributed by atoms with van der Waals surface area (Å²) in [5.41, 5.74) is 6.46. The smallest absolute Gasteiger partial charge is 0.198 e. The van der Waals surface area contributed by atoms with Gasteiger partial charge in [0.05, 0.1) is 33.3 Å². The predicted octanol–water partition coefficient (Wildman–Crippen LogP) is 3.50. The van der Waals surface area contributed by atoms with E-state index in [9.17, 15) is 8.42 Å². The number of nitrogens with two attached hydrogens (primary N) is 1. The number of hydrogen-bond donors (Lipinski definition) is 1. The number of sulfone groups is 1. The Morgan fingerprint density at radius 3 is 2.69 bits per heavy atom. The van der Waals surface area contributed by atoms with Crippen LogP contribution in [0.15, 0.2) is 35.5 Å². The fraction of sp³-hybridized carbons (Fsp3) is 0.368. The number of halogens is 1. The third-order valence-corrected chi connectivity index (χ3v) is 9.85. The van der Waals surface area contributed by atoms with Gasteiger partial charge in [-0.05, 0) is 39.0 Å². The van der Waals surface area contributed by atoms with Gasteiger partial charge in [0.25, 0.3) is 0 Å². The molecule has 0 amide bonds. The Bertz CT molecular complexity index is 1260. The number of rotatable bonds is 3. The van der Waals surface area contributed by atoms with Crippen LogP contribution in [0.2, 0.25) is 5.02 Å². The summed E-state index contributed by atoms with van der Waals surface area (Å²) in [6.07, 6.45) is 1.86. The first-order chi connectivity index (χ1) is 13.5. The summed E-state index contributed by atoms with van der Waals surface area (Å²) in [6.45, 7) is 4.90. The number of amidine groups is 1. The van der Waals surface area contributed by atoms with E-state index in [2.05, 4.69) is 9.98 Å². The minimum atomic E-state index is -3.51. The molecular weight excluding hydrogens is 432 g/mol. The molecule has 4 heterocycles. The van der Waals surface area contributed by atoms with Crippen molar-refractivity contribution in [1.82, 2.24) is 9.38 Å². The molecule has 10 heteroatoms. The van der Waals surface area contributed by atoms with Crippen molar-refractivity contribution in [3.63, 3.8) is 0 Å². The molecule has 4 rings (SSSR count). The number of thiophene rings is 1. The van der Waals surface area contributed by atoms with Gasteiger partial charge < -0.3 is 10.5 Å². The first-order valence-electron chi connectivity index (χ1n) is 8.89. The Labute approximate surface area is 178 Å². The second kappa shape index (κ2) is 6.45. The van der Waals surface area contributed by atoms with Gasteiger partial charge >= 0.3 is 0 Å². The van der Waals surface area contributed by atoms with E-state index in [1.807, 2.05) is 28.8 Å². The average molecular weight is 453 g/mol. The van der Waals surface area contributed by atoms with E-state index in [4.69, 9.17) is 22.1 Å². The number of aromatic nitrogens is 2. The van der Waals surface area contributed by atoms with Crippen LogP contribution in [0, 0.1) is 0 Å². The van der Waals surface area contributed by atoms with E-state index in [-0.39, 0.29) is 11.6 Å². The van der Waals surface area contributed by atoms with Crippen LogP contribution in [0.5, 0.6) is 5.88 Å². The van der Waals surface area contributed by atoms with Crippen LogP contribution >= 0.6 is 22.9 Å². The van der Waals surface area contributed by atoms with Crippen molar-refractivity contribution >= 4 is 44.3 Å². The molecule has 0 radical (unpaired) electrons. The lowest BCUT2D eigenvalue weighted by atomic mass is 10.0. The third kappa shape index (κ3) is 3.03. The van der Waals surface area contributed by atoms with Crippen molar-refractivity contribution in [3.8, 4) is 16.5 Å². The van der Waals surface area contributed by atoms with Crippen molar-refractivity contribution in [1.29, 1.82) is 0 Å². The Hall–Kier alpha value is -2.10. The van der Waals surface area contributed by atoms with Crippen LogP contribution in [0.25, 0.3) is 16.2 Å². The highest BCUT2D eigenvalue weighted by Crippen LogP contribution is 2.45. The van der Waals surface area contributed by atoms with E-state index in [1.165, 1.54) is 11.3 Å². The lowest BCUT2D eigenvalue weighted by Gasteiger charge is -2.37. The fourth-order valence-corrected chi connectivity index (χ4v) is 6.74. The molecule has 0 aromatic carbocycles. The van der Waals surface area contributed by atoms with Gasteiger partial charge in [0.2, 0.25) is 0 Å². The van der Waals surface area contributed by atoms with Gasteiger partial charge in [-0.3, -0.25) is 9.39 Å². The van der Waals surface area contributed by atoms with E-state index in [0.29, 0.717) is 21.5 Å². The molecule has 3 aromatic rings. The topological polar surface area (TPSA) is 99.0 Å². The van der Waals surface area contributed by atoms with Crippen LogP contribution in [0.1, 0.15) is 25.6 Å². The van der Waals surface area contributed by atoms with Gasteiger partial charge in [0, 0.05) is 6.20 Å². The lowest BCUT2D eigenvalue weighted by molar-refractivity contribution is 0.392. The van der Waals surface area contributed by atoms with Crippen molar-refractivity contribution in [3.05, 3.63) is 40.4 Å². The van der Waals surface area contributed by atoms with E-state index < -0.39 is 20.1 Å². The molecule has 1 aliphatic rings. The van der Waals surface area contributed by atoms with Crippen molar-refractivity contribution < 1.29 is 13.2 Å². The molecule has 0 bridgehead atoms. The number of pyridine rings is 1. The molecular formula is C19H21ClN4O3S2. The molecule has 7 nitrogen and oxygen atoms in total. The summed E-state index contributed by atoms with van der Waals surface area (Å²) in [5.74, 6) is 0.593. The first kappa shape index (κ1) is 20.2. The number of imidazole rings is 1. The molecule has 154 valence electrons. The standard InChI is InChI=1S/C19H21ClN4O3S2/c1-18(2)17(21)23-19(3,10-29(18,25)26)16-11(20)8-13(28-16)12-9-24-14(22-12)6-5-7-15(24)27-4/h5-9H,10H2,1-4H3,(H2,21,23). The van der Waals surface area contributed by atoms with Gasteiger partial charge in [-0.2, -0.15) is 0 Å². The molecule has 1 unspecified atom stereocenters.